The Balaban J connectivity index is 1.39. The summed E-state index contributed by atoms with van der Waals surface area (Å²) in [5.74, 6) is -0.831. The predicted octanol–water partition coefficient (Wildman–Crippen LogP) is 4.30. The second kappa shape index (κ2) is 9.58. The average Bonchev–Trinajstić information content (AvgIpc) is 3.33. The molecule has 1 atom stereocenters. The van der Waals surface area contributed by atoms with Crippen LogP contribution in [0.25, 0.3) is 11.1 Å². The molecule has 2 N–H and O–H groups in total. The fraction of sp³-hybridized carbons (Fsp3) is 0.0833. The molecule has 0 spiro atoms. The number of carbonyl (C=O) groups excluding carboxylic acids is 1. The van der Waals surface area contributed by atoms with E-state index in [2.05, 4.69) is 15.0 Å². The molecular weight excluding hydrogens is 435 g/mol. The number of nitrogens with one attached hydrogen (secondary N) is 2. The summed E-state index contributed by atoms with van der Waals surface area (Å²) < 4.78 is 48.1. The first kappa shape index (κ1) is 22.1. The number of alkyl halides is 3. The lowest BCUT2D eigenvalue weighted by Gasteiger charge is -2.15. The van der Waals surface area contributed by atoms with E-state index in [9.17, 15) is 18.0 Å². The third kappa shape index (κ3) is 5.98. The van der Waals surface area contributed by atoms with Gasteiger partial charge in [0.1, 0.15) is 11.9 Å². The first-order chi connectivity index (χ1) is 15.9. The number of hydrogen-bond acceptors (Lipinski definition) is 4. The lowest BCUT2D eigenvalue weighted by molar-refractivity contribution is -0.655. The van der Waals surface area contributed by atoms with Gasteiger partial charge in [0.2, 0.25) is 0 Å². The molecule has 3 aromatic carbocycles. The number of ether oxygens (including phenoxy) is 2. The van der Waals surface area contributed by atoms with Gasteiger partial charge in [-0.25, -0.2) is 9.89 Å². The van der Waals surface area contributed by atoms with Crippen LogP contribution in [0.15, 0.2) is 90.2 Å². The highest BCUT2D eigenvalue weighted by atomic mass is 19.4. The summed E-state index contributed by atoms with van der Waals surface area (Å²) in [6, 6.07) is 21.1. The number of anilines is 1. The molecule has 0 aromatic heterocycles. The number of halogens is 3. The van der Waals surface area contributed by atoms with E-state index in [-0.39, 0.29) is 18.0 Å². The van der Waals surface area contributed by atoms with E-state index in [1.807, 2.05) is 42.5 Å². The van der Waals surface area contributed by atoms with Gasteiger partial charge < -0.3 is 14.8 Å². The molecule has 1 amide bonds. The van der Waals surface area contributed by atoms with E-state index in [0.717, 1.165) is 17.2 Å². The summed E-state index contributed by atoms with van der Waals surface area (Å²) in [6.07, 6.45) is -0.421. The van der Waals surface area contributed by atoms with Crippen molar-refractivity contribution >= 4 is 23.6 Å². The average molecular weight is 454 g/mol. The molecule has 1 aliphatic rings. The first-order valence-corrected chi connectivity index (χ1v) is 9.92. The van der Waals surface area contributed by atoms with Crippen molar-refractivity contribution in [2.75, 3.05) is 11.9 Å². The summed E-state index contributed by atoms with van der Waals surface area (Å²) in [6.45, 7) is -0.386. The highest BCUT2D eigenvalue weighted by Crippen LogP contribution is 2.32. The molecule has 9 heteroatoms. The lowest BCUT2D eigenvalue weighted by Crippen LogP contribution is -3.00. The molecule has 0 saturated carbocycles. The van der Waals surface area contributed by atoms with Crippen molar-refractivity contribution in [3.8, 4) is 22.6 Å². The van der Waals surface area contributed by atoms with E-state index in [1.54, 1.807) is 18.3 Å². The van der Waals surface area contributed by atoms with Crippen molar-refractivity contribution in [3.63, 3.8) is 0 Å². The SMILES string of the molecule is O=C(COc1ccc([NH+]2C=CN=C2)c(OC(F)(F)F)c1)Nc1ccc(-c2ccccc2)cc1. The van der Waals surface area contributed by atoms with Crippen molar-refractivity contribution in [1.29, 1.82) is 0 Å². The molecule has 1 heterocycles. The molecule has 0 bridgehead atoms. The molecule has 168 valence electrons. The Bertz CT molecular complexity index is 1170. The van der Waals surface area contributed by atoms with Gasteiger partial charge in [0.05, 0.1) is 6.20 Å². The zero-order valence-electron chi connectivity index (χ0n) is 17.2. The molecular formula is C24H19F3N3O3+. The van der Waals surface area contributed by atoms with Crippen LogP contribution in [0.5, 0.6) is 11.5 Å². The maximum Gasteiger partial charge on any atom is 0.573 e. The molecule has 33 heavy (non-hydrogen) atoms. The van der Waals surface area contributed by atoms with Gasteiger partial charge in [0.15, 0.2) is 24.4 Å². The Labute approximate surface area is 187 Å². The first-order valence-electron chi connectivity index (χ1n) is 9.92. The Morgan fingerprint density at radius 2 is 1.70 bits per heavy atom. The topological polar surface area (TPSA) is 64.4 Å². The molecule has 1 aliphatic heterocycles. The summed E-state index contributed by atoms with van der Waals surface area (Å²) >= 11 is 0. The van der Waals surface area contributed by atoms with Crippen LogP contribution in [0.4, 0.5) is 24.5 Å². The summed E-state index contributed by atoms with van der Waals surface area (Å²) in [7, 11) is 0. The number of nitrogens with zero attached hydrogens (tertiary/aromatic N) is 1. The monoisotopic (exact) mass is 454 g/mol. The quantitative estimate of drug-likeness (QED) is 0.560. The third-order valence-electron chi connectivity index (χ3n) is 4.69. The Morgan fingerprint density at radius 1 is 0.970 bits per heavy atom. The van der Waals surface area contributed by atoms with E-state index in [4.69, 9.17) is 4.74 Å². The van der Waals surface area contributed by atoms with Gasteiger partial charge in [-0.3, -0.25) is 4.79 Å². The molecule has 0 fully saturated rings. The minimum Gasteiger partial charge on any atom is -0.484 e. The molecule has 3 aromatic rings. The van der Waals surface area contributed by atoms with Crippen LogP contribution in [0.2, 0.25) is 0 Å². The van der Waals surface area contributed by atoms with E-state index >= 15 is 0 Å². The van der Waals surface area contributed by atoms with Gasteiger partial charge in [0.25, 0.3) is 5.91 Å². The lowest BCUT2D eigenvalue weighted by atomic mass is 10.1. The molecule has 0 aliphatic carbocycles. The van der Waals surface area contributed by atoms with Crippen LogP contribution in [0.1, 0.15) is 0 Å². The minimum absolute atomic E-state index is 0.0621. The molecule has 0 radical (unpaired) electrons. The van der Waals surface area contributed by atoms with Crippen molar-refractivity contribution in [2.24, 2.45) is 4.99 Å². The third-order valence-corrected chi connectivity index (χ3v) is 4.69. The van der Waals surface area contributed by atoms with Gasteiger partial charge >= 0.3 is 6.36 Å². The highest BCUT2D eigenvalue weighted by Gasteiger charge is 2.34. The number of benzene rings is 3. The zero-order valence-corrected chi connectivity index (χ0v) is 17.2. The van der Waals surface area contributed by atoms with Crippen LogP contribution >= 0.6 is 0 Å². The van der Waals surface area contributed by atoms with Crippen LogP contribution < -0.4 is 19.7 Å². The van der Waals surface area contributed by atoms with E-state index < -0.39 is 18.0 Å². The van der Waals surface area contributed by atoms with E-state index in [0.29, 0.717) is 10.6 Å². The van der Waals surface area contributed by atoms with Crippen molar-refractivity contribution in [1.82, 2.24) is 0 Å². The van der Waals surface area contributed by atoms with Crippen LogP contribution in [0.3, 0.4) is 0 Å². The smallest absolute Gasteiger partial charge is 0.484 e. The number of carbonyl (C=O) groups is 1. The van der Waals surface area contributed by atoms with Crippen molar-refractivity contribution < 1.29 is 32.3 Å². The van der Waals surface area contributed by atoms with Gasteiger partial charge in [-0.05, 0) is 29.3 Å². The Morgan fingerprint density at radius 3 is 2.36 bits per heavy atom. The Hall–Kier alpha value is -4.11. The van der Waals surface area contributed by atoms with Gasteiger partial charge in [-0.2, -0.15) is 0 Å². The fourth-order valence-electron chi connectivity index (χ4n) is 3.21. The fourth-order valence-corrected chi connectivity index (χ4v) is 3.21. The zero-order chi connectivity index (χ0) is 23.3. The van der Waals surface area contributed by atoms with Crippen LogP contribution in [-0.2, 0) is 4.79 Å². The maximum absolute atomic E-state index is 12.8. The van der Waals surface area contributed by atoms with Gasteiger partial charge in [-0.1, -0.05) is 42.5 Å². The second-order valence-electron chi connectivity index (χ2n) is 7.04. The largest absolute Gasteiger partial charge is 0.573 e. The standard InChI is InChI=1S/C24H18F3N3O3/c25-24(26,27)33-22-14-20(10-11-21(22)30-13-12-28-16-30)32-15-23(31)29-19-8-6-18(7-9-19)17-4-2-1-3-5-17/h1-14,16H,15H2,(H,29,31)/p+1. The summed E-state index contributed by atoms with van der Waals surface area (Å²) in [5, 5.41) is 2.69. The molecule has 6 nitrogen and oxygen atoms in total. The molecule has 4 rings (SSSR count). The Kier molecular flexibility index (Phi) is 6.41. The van der Waals surface area contributed by atoms with E-state index in [1.165, 1.54) is 24.7 Å². The van der Waals surface area contributed by atoms with Gasteiger partial charge in [-0.15, -0.1) is 13.2 Å². The number of hydrogen-bond donors (Lipinski definition) is 2. The molecule has 0 saturated heterocycles. The van der Waals surface area contributed by atoms with Crippen molar-refractivity contribution in [2.45, 2.75) is 6.36 Å². The number of rotatable bonds is 7. The minimum atomic E-state index is -4.88. The normalized spacial score (nSPS) is 14.8. The predicted molar refractivity (Wildman–Crippen MR) is 117 cm³/mol. The number of amides is 1. The maximum atomic E-state index is 12.8. The van der Waals surface area contributed by atoms with Crippen molar-refractivity contribution in [3.05, 3.63) is 85.2 Å². The summed E-state index contributed by atoms with van der Waals surface area (Å²) in [4.78, 5) is 16.6. The van der Waals surface area contributed by atoms with Gasteiger partial charge in [0, 0.05) is 17.8 Å². The van der Waals surface area contributed by atoms with Crippen LogP contribution in [0, 0.1) is 0 Å². The number of aliphatic imine (C=N–C) groups is 1. The number of quaternary nitrogens is 1. The highest BCUT2D eigenvalue weighted by molar-refractivity contribution is 5.92. The molecule has 1 unspecified atom stereocenters. The van der Waals surface area contributed by atoms with Crippen LogP contribution in [-0.4, -0.2) is 25.2 Å². The summed E-state index contributed by atoms with van der Waals surface area (Å²) in [5.41, 5.74) is 2.84. The second-order valence-corrected chi connectivity index (χ2v) is 7.04.